The number of hydrogen-bond donors (Lipinski definition) is 1. The van der Waals surface area contributed by atoms with E-state index in [0.717, 1.165) is 6.07 Å². The van der Waals surface area contributed by atoms with Crippen LogP contribution in [0.5, 0.6) is 5.75 Å². The average Bonchev–Trinajstić information content (AvgIpc) is 2.65. The molecule has 6 nitrogen and oxygen atoms in total. The molecule has 0 aliphatic carbocycles. The Balaban J connectivity index is 2.08. The lowest BCUT2D eigenvalue weighted by Crippen LogP contribution is -2.27. The highest BCUT2D eigenvalue weighted by Gasteiger charge is 2.32. The number of rotatable bonds is 4. The maximum Gasteiger partial charge on any atom is 0.344 e. The van der Waals surface area contributed by atoms with Crippen molar-refractivity contribution < 1.29 is 18.7 Å². The second-order valence-corrected chi connectivity index (χ2v) is 7.15. The molecule has 2 heterocycles. The summed E-state index contributed by atoms with van der Waals surface area (Å²) in [6.45, 7) is 1.81. The van der Waals surface area contributed by atoms with Gasteiger partial charge in [-0.15, -0.1) is 0 Å². The highest BCUT2D eigenvalue weighted by atomic mass is 32.2. The van der Waals surface area contributed by atoms with E-state index < -0.39 is 17.2 Å². The van der Waals surface area contributed by atoms with Crippen LogP contribution in [0.25, 0.3) is 22.0 Å². The number of nitrogen functional groups attached to an aromatic ring is 1. The summed E-state index contributed by atoms with van der Waals surface area (Å²) in [6, 6.07) is 7.88. The lowest BCUT2D eigenvalue weighted by atomic mass is 9.99. The van der Waals surface area contributed by atoms with Gasteiger partial charge in [0.25, 0.3) is 0 Å². The molecule has 0 saturated heterocycles. The molecular formula is C20H17FN2O4S. The van der Waals surface area contributed by atoms with E-state index in [9.17, 15) is 9.59 Å². The molecule has 144 valence electrons. The summed E-state index contributed by atoms with van der Waals surface area (Å²) in [7, 11) is 1.43. The van der Waals surface area contributed by atoms with Gasteiger partial charge in [0.2, 0.25) is 5.43 Å². The van der Waals surface area contributed by atoms with Crippen LogP contribution in [0.3, 0.4) is 0 Å². The number of ether oxygens (including phenoxy) is 2. The second-order valence-electron chi connectivity index (χ2n) is 6.22. The molecule has 0 amide bonds. The van der Waals surface area contributed by atoms with Crippen LogP contribution >= 0.6 is 11.8 Å². The van der Waals surface area contributed by atoms with E-state index in [1.54, 1.807) is 35.8 Å². The Hall–Kier alpha value is -3.00. The minimum absolute atomic E-state index is 0.0627. The van der Waals surface area contributed by atoms with Gasteiger partial charge in [0.05, 0.1) is 41.1 Å². The van der Waals surface area contributed by atoms with Gasteiger partial charge >= 0.3 is 5.97 Å². The number of aromatic nitrogens is 1. The number of pyridine rings is 1. The standard InChI is InChI=1S/C20H17FN2O4S/c1-3-27-20(25)15-17(24)12-8-13(21)14(10-4-6-11(22)7-5-10)18(26-2)16(12)23-9-28-19(15)23/h4-8H,3,9,22H2,1-2H3. The van der Waals surface area contributed by atoms with Crippen LogP contribution in [0, 0.1) is 5.82 Å². The Morgan fingerprint density at radius 3 is 2.61 bits per heavy atom. The molecule has 2 aromatic carbocycles. The van der Waals surface area contributed by atoms with Crippen LogP contribution < -0.4 is 15.9 Å². The smallest absolute Gasteiger partial charge is 0.344 e. The predicted molar refractivity (Wildman–Crippen MR) is 106 cm³/mol. The van der Waals surface area contributed by atoms with Gasteiger partial charge in [0.1, 0.15) is 11.4 Å². The Morgan fingerprint density at radius 2 is 2.04 bits per heavy atom. The monoisotopic (exact) mass is 400 g/mol. The first kappa shape index (κ1) is 18.4. The SMILES string of the molecule is CCOC(=O)c1c2n(c3c(OC)c(-c4ccc(N)cc4)c(F)cc3c1=O)CS2. The molecule has 0 spiro atoms. The molecule has 28 heavy (non-hydrogen) atoms. The van der Waals surface area contributed by atoms with Crippen molar-refractivity contribution in [2.75, 3.05) is 19.5 Å². The fraction of sp³-hybridized carbons (Fsp3) is 0.200. The third-order valence-electron chi connectivity index (χ3n) is 4.62. The highest BCUT2D eigenvalue weighted by Crippen LogP contribution is 2.44. The van der Waals surface area contributed by atoms with Crippen molar-refractivity contribution in [3.05, 3.63) is 51.9 Å². The normalized spacial score (nSPS) is 12.4. The molecule has 3 aromatic rings. The quantitative estimate of drug-likeness (QED) is 0.532. The number of benzene rings is 2. The van der Waals surface area contributed by atoms with E-state index in [2.05, 4.69) is 0 Å². The van der Waals surface area contributed by atoms with Crippen molar-refractivity contribution >= 4 is 34.3 Å². The van der Waals surface area contributed by atoms with E-state index in [-0.39, 0.29) is 28.9 Å². The summed E-state index contributed by atoms with van der Waals surface area (Å²) in [5, 5.41) is 0.588. The first-order valence-corrected chi connectivity index (χ1v) is 9.59. The number of carbonyl (C=O) groups is 1. The van der Waals surface area contributed by atoms with Gasteiger partial charge < -0.3 is 19.8 Å². The molecule has 0 bridgehead atoms. The van der Waals surface area contributed by atoms with E-state index in [1.165, 1.54) is 18.9 Å². The van der Waals surface area contributed by atoms with Gasteiger partial charge in [-0.2, -0.15) is 0 Å². The largest absolute Gasteiger partial charge is 0.494 e. The van der Waals surface area contributed by atoms with Gasteiger partial charge in [0.15, 0.2) is 5.75 Å². The molecule has 0 fully saturated rings. The number of anilines is 1. The zero-order valence-corrected chi connectivity index (χ0v) is 16.1. The van der Waals surface area contributed by atoms with Gasteiger partial charge in [-0.3, -0.25) is 4.79 Å². The summed E-state index contributed by atoms with van der Waals surface area (Å²) >= 11 is 1.36. The van der Waals surface area contributed by atoms with E-state index in [4.69, 9.17) is 15.2 Å². The van der Waals surface area contributed by atoms with Gasteiger partial charge in [-0.25, -0.2) is 9.18 Å². The Morgan fingerprint density at radius 1 is 1.32 bits per heavy atom. The highest BCUT2D eigenvalue weighted by molar-refractivity contribution is 7.99. The number of carbonyl (C=O) groups excluding carboxylic acids is 1. The first-order valence-electron chi connectivity index (χ1n) is 8.60. The van der Waals surface area contributed by atoms with Crippen molar-refractivity contribution in [2.45, 2.75) is 17.8 Å². The van der Waals surface area contributed by atoms with Crippen molar-refractivity contribution in [1.82, 2.24) is 4.57 Å². The number of methoxy groups -OCH3 is 1. The minimum atomic E-state index is -0.702. The maximum absolute atomic E-state index is 15.1. The van der Waals surface area contributed by atoms with Crippen molar-refractivity contribution in [2.24, 2.45) is 0 Å². The topological polar surface area (TPSA) is 83.6 Å². The number of nitrogens with two attached hydrogens (primary N) is 1. The van der Waals surface area contributed by atoms with Crippen LogP contribution in [0.2, 0.25) is 0 Å². The number of thioether (sulfide) groups is 1. The molecule has 0 unspecified atom stereocenters. The van der Waals surface area contributed by atoms with Crippen LogP contribution in [0.4, 0.5) is 10.1 Å². The van der Waals surface area contributed by atoms with E-state index in [0.29, 0.717) is 27.7 Å². The Labute approximate surface area is 164 Å². The van der Waals surface area contributed by atoms with Crippen LogP contribution in [0.15, 0.2) is 40.2 Å². The van der Waals surface area contributed by atoms with Crippen LogP contribution in [-0.2, 0) is 10.6 Å². The second kappa shape index (κ2) is 6.87. The molecule has 4 rings (SSSR count). The Kier molecular flexibility index (Phi) is 4.50. The number of nitrogens with zero attached hydrogens (tertiary/aromatic N) is 1. The third kappa shape index (κ3) is 2.63. The molecule has 0 radical (unpaired) electrons. The van der Waals surface area contributed by atoms with Gasteiger partial charge in [-0.05, 0) is 30.7 Å². The number of halogens is 1. The molecule has 1 aliphatic heterocycles. The van der Waals surface area contributed by atoms with Gasteiger partial charge in [-0.1, -0.05) is 23.9 Å². The lowest BCUT2D eigenvalue weighted by Gasteiger charge is -2.28. The summed E-state index contributed by atoms with van der Waals surface area (Å²) in [5.41, 5.74) is 6.94. The molecule has 2 N–H and O–H groups in total. The zero-order valence-electron chi connectivity index (χ0n) is 15.2. The minimum Gasteiger partial charge on any atom is -0.494 e. The summed E-state index contributed by atoms with van der Waals surface area (Å²) in [6.07, 6.45) is 0. The summed E-state index contributed by atoms with van der Waals surface area (Å²) in [5.74, 6) is -0.559. The Bertz CT molecular complexity index is 1170. The fourth-order valence-electron chi connectivity index (χ4n) is 3.36. The third-order valence-corrected chi connectivity index (χ3v) is 5.71. The fourth-order valence-corrected chi connectivity index (χ4v) is 4.28. The van der Waals surface area contributed by atoms with E-state index >= 15 is 4.39 Å². The zero-order chi connectivity index (χ0) is 20.0. The molecule has 1 aliphatic rings. The van der Waals surface area contributed by atoms with E-state index in [1.807, 2.05) is 0 Å². The van der Waals surface area contributed by atoms with Crippen molar-refractivity contribution in [3.63, 3.8) is 0 Å². The summed E-state index contributed by atoms with van der Waals surface area (Å²) in [4.78, 5) is 25.3. The molecular weight excluding hydrogens is 383 g/mol. The summed E-state index contributed by atoms with van der Waals surface area (Å²) < 4.78 is 27.4. The number of esters is 1. The first-order chi connectivity index (χ1) is 13.5. The molecule has 8 heteroatoms. The van der Waals surface area contributed by atoms with Crippen molar-refractivity contribution in [1.29, 1.82) is 0 Å². The number of hydrogen-bond acceptors (Lipinski definition) is 6. The lowest BCUT2D eigenvalue weighted by molar-refractivity contribution is 0.0518. The molecule has 0 saturated carbocycles. The average molecular weight is 400 g/mol. The van der Waals surface area contributed by atoms with Crippen LogP contribution in [0.1, 0.15) is 17.3 Å². The molecule has 0 atom stereocenters. The maximum atomic E-state index is 15.1. The van der Waals surface area contributed by atoms with Crippen LogP contribution in [-0.4, -0.2) is 24.3 Å². The predicted octanol–water partition coefficient (Wildman–Crippen LogP) is 3.64. The van der Waals surface area contributed by atoms with Gasteiger partial charge in [0, 0.05) is 5.69 Å². The molecule has 1 aromatic heterocycles. The number of fused-ring (bicyclic) bond motifs is 3. The van der Waals surface area contributed by atoms with Crippen molar-refractivity contribution in [3.8, 4) is 16.9 Å².